The second-order valence-corrected chi connectivity index (χ2v) is 17.1. The average molecular weight is 890 g/mol. The first-order chi connectivity index (χ1) is 30.1. The number of rotatable bonds is 6. The number of aromatic nitrogens is 1. The minimum Gasteiger partial charge on any atom is -0.505 e. The lowest BCUT2D eigenvalue weighted by Crippen LogP contribution is -2.46. The maximum atomic E-state index is 16.0. The second kappa shape index (κ2) is 18.7. The van der Waals surface area contributed by atoms with Gasteiger partial charge in [0.2, 0.25) is 0 Å². The normalized spacial score (nSPS) is 28.8. The van der Waals surface area contributed by atoms with Crippen LogP contribution in [-0.2, 0) is 23.8 Å². The summed E-state index contributed by atoms with van der Waals surface area (Å²) in [7, 11) is 5.12. The molecule has 3 aromatic carbocycles. The Bertz CT molecular complexity index is 2660. The number of ketones is 1. The van der Waals surface area contributed by atoms with Crippen molar-refractivity contribution in [3.8, 4) is 17.2 Å². The number of phenolic OH excluding ortho intramolecular Hbond substituents is 1. The highest BCUT2D eigenvalue weighted by atomic mass is 19.1. The van der Waals surface area contributed by atoms with Gasteiger partial charge in [-0.05, 0) is 34.0 Å². The summed E-state index contributed by atoms with van der Waals surface area (Å²) in [5.74, 6) is -8.58. The van der Waals surface area contributed by atoms with Gasteiger partial charge in [-0.25, -0.2) is 9.37 Å². The third-order valence-electron chi connectivity index (χ3n) is 12.2. The van der Waals surface area contributed by atoms with Gasteiger partial charge in [0, 0.05) is 79.8 Å². The average Bonchev–Trinajstić information content (AvgIpc) is 3.51. The molecule has 1 amide bonds. The molecular weight excluding hydrogens is 834 g/mol. The fraction of sp³-hybridized carbons (Fsp3) is 0.468. The number of aliphatic hydroxyl groups is 2. The summed E-state index contributed by atoms with van der Waals surface area (Å²) in [5, 5.41) is 37.0. The molecule has 0 spiro atoms. The van der Waals surface area contributed by atoms with E-state index in [4.69, 9.17) is 28.1 Å². The van der Waals surface area contributed by atoms with Gasteiger partial charge in [-0.3, -0.25) is 19.2 Å². The number of carbonyl (C=O) groups is 3. The number of nitrogens with zero attached hydrogens (tertiary/aromatic N) is 2. The molecule has 0 unspecified atom stereocenters. The molecule has 2 aliphatic heterocycles. The molecule has 344 valence electrons. The van der Waals surface area contributed by atoms with Crippen LogP contribution in [0.1, 0.15) is 64.4 Å². The summed E-state index contributed by atoms with van der Waals surface area (Å²) in [6.07, 6.45) is 3.28. The zero-order valence-electron chi connectivity index (χ0n) is 37.8. The summed E-state index contributed by atoms with van der Waals surface area (Å²) >= 11 is 0. The van der Waals surface area contributed by atoms with Crippen molar-refractivity contribution in [2.24, 2.45) is 23.7 Å². The van der Waals surface area contributed by atoms with E-state index in [1.807, 2.05) is 19.0 Å². The van der Waals surface area contributed by atoms with Crippen molar-refractivity contribution >= 4 is 56.3 Å². The number of hydrogen-bond acceptors (Lipinski definition) is 15. The fourth-order valence-corrected chi connectivity index (χ4v) is 8.27. The SMILES string of the molecule is CO[C@H]1/C=C/O[C@@]2(C)Oc3c(C)c(=O)c4c(O)c(c5oc6cc(OCCN(C)C)cc(F)c6nc5c4c3C2=O)NC(=O)/C(C)=C\C=C\[C@H](C)[C@H](O)[C@@H](C)[C@@H](O)[C@@H](C)[C@H](OC(C)=O)[C@@H]1C. The number of anilines is 1. The molecule has 4 N–H and O–H groups in total. The van der Waals surface area contributed by atoms with Crippen molar-refractivity contribution in [2.45, 2.75) is 85.6 Å². The van der Waals surface area contributed by atoms with Crippen LogP contribution in [0.4, 0.5) is 10.1 Å². The Morgan fingerprint density at radius 2 is 1.70 bits per heavy atom. The molecule has 2 aliphatic rings. The number of likely N-dealkylation sites (N-methyl/N-ethyl adjacent to an activating group) is 1. The highest BCUT2D eigenvalue weighted by Gasteiger charge is 2.49. The van der Waals surface area contributed by atoms with Crippen LogP contribution in [0.3, 0.4) is 0 Å². The predicted octanol–water partition coefficient (Wildman–Crippen LogP) is 6.08. The van der Waals surface area contributed by atoms with E-state index in [1.165, 1.54) is 59.3 Å². The molecule has 0 fully saturated rings. The highest BCUT2D eigenvalue weighted by Crippen LogP contribution is 2.48. The van der Waals surface area contributed by atoms with Crippen molar-refractivity contribution in [1.29, 1.82) is 0 Å². The number of benzene rings is 3. The van der Waals surface area contributed by atoms with Crippen LogP contribution < -0.4 is 20.2 Å². The molecule has 1 aromatic heterocycles. The summed E-state index contributed by atoms with van der Waals surface area (Å²) < 4.78 is 51.7. The van der Waals surface area contributed by atoms with Gasteiger partial charge in [0.15, 0.2) is 28.2 Å². The van der Waals surface area contributed by atoms with Crippen LogP contribution in [0.5, 0.6) is 17.2 Å². The lowest BCUT2D eigenvalue weighted by atomic mass is 9.78. The second-order valence-electron chi connectivity index (χ2n) is 17.1. The number of amides is 1. The van der Waals surface area contributed by atoms with Gasteiger partial charge in [-0.15, -0.1) is 0 Å². The summed E-state index contributed by atoms with van der Waals surface area (Å²) in [6.45, 7) is 13.0. The number of fused-ring (bicyclic) bond motifs is 2. The Morgan fingerprint density at radius 1 is 1.00 bits per heavy atom. The molecule has 4 bridgehead atoms. The number of methoxy groups -OCH3 is 1. The molecule has 17 heteroatoms. The Kier molecular flexibility index (Phi) is 13.9. The minimum absolute atomic E-state index is 0.0834. The van der Waals surface area contributed by atoms with Gasteiger partial charge in [-0.2, -0.15) is 0 Å². The smallest absolute Gasteiger partial charge is 0.312 e. The van der Waals surface area contributed by atoms with Gasteiger partial charge in [0.05, 0.1) is 35.5 Å². The molecular formula is C47H56FN3O13. The molecule has 0 saturated carbocycles. The van der Waals surface area contributed by atoms with Gasteiger partial charge in [0.25, 0.3) is 11.7 Å². The molecule has 9 atom stereocenters. The van der Waals surface area contributed by atoms with E-state index in [1.54, 1.807) is 39.8 Å². The predicted molar refractivity (Wildman–Crippen MR) is 236 cm³/mol. The number of aliphatic hydroxyl groups excluding tert-OH is 2. The van der Waals surface area contributed by atoms with Crippen LogP contribution in [0.2, 0.25) is 0 Å². The Morgan fingerprint density at radius 3 is 2.36 bits per heavy atom. The number of esters is 1. The van der Waals surface area contributed by atoms with E-state index in [0.717, 1.165) is 6.07 Å². The number of allylic oxidation sites excluding steroid dienone is 2. The largest absolute Gasteiger partial charge is 0.505 e. The quantitative estimate of drug-likeness (QED) is 0.0747. The van der Waals surface area contributed by atoms with Crippen molar-refractivity contribution < 1.29 is 62.2 Å². The highest BCUT2D eigenvalue weighted by molar-refractivity contribution is 6.26. The van der Waals surface area contributed by atoms with Crippen molar-refractivity contribution in [3.05, 3.63) is 75.4 Å². The van der Waals surface area contributed by atoms with E-state index in [0.29, 0.717) is 6.54 Å². The molecule has 0 radical (unpaired) electrons. The number of nitrogens with one attached hydrogen (secondary N) is 1. The van der Waals surface area contributed by atoms with E-state index < -0.39 is 93.9 Å². The summed E-state index contributed by atoms with van der Waals surface area (Å²) in [5.41, 5.74) is -2.37. The third kappa shape index (κ3) is 8.94. The maximum absolute atomic E-state index is 16.0. The number of phenols is 1. The van der Waals surface area contributed by atoms with Crippen LogP contribution in [0.15, 0.2) is 57.5 Å². The van der Waals surface area contributed by atoms with Gasteiger partial charge in [0.1, 0.15) is 40.9 Å². The fourth-order valence-electron chi connectivity index (χ4n) is 8.27. The third-order valence-corrected chi connectivity index (χ3v) is 12.2. The summed E-state index contributed by atoms with van der Waals surface area (Å²) in [4.78, 5) is 61.7. The van der Waals surface area contributed by atoms with E-state index in [2.05, 4.69) is 10.3 Å². The molecule has 4 aromatic rings. The van der Waals surface area contributed by atoms with Gasteiger partial charge in [-0.1, -0.05) is 45.9 Å². The Hall–Kier alpha value is -5.88. The Balaban J connectivity index is 1.60. The number of carbonyl (C=O) groups excluding carboxylic acids is 3. The van der Waals surface area contributed by atoms with Crippen LogP contribution in [-0.4, -0.2) is 107 Å². The number of hydrogen-bond donors (Lipinski definition) is 4. The van der Waals surface area contributed by atoms with Crippen LogP contribution in [0.25, 0.3) is 33.0 Å². The molecule has 3 heterocycles. The number of Topliss-reactive ketones (excluding diaryl/α,β-unsaturated/α-hetero) is 1. The first-order valence-corrected chi connectivity index (χ1v) is 21.0. The molecule has 6 rings (SSSR count). The van der Waals surface area contributed by atoms with Crippen molar-refractivity contribution in [3.63, 3.8) is 0 Å². The minimum atomic E-state index is -2.12. The Labute approximate surface area is 369 Å². The first-order valence-electron chi connectivity index (χ1n) is 21.0. The number of halogens is 1. The standard InChI is InChI=1S/C47H56FN3O13/c1-21-13-12-14-22(2)46(58)50-37-41(56)33-32(36-44(37)63-31-20-28(60-18-16-51(9)10)19-29(48)35(31)49-36)34-43(26(6)40(33)55)64-47(8,45(34)57)61-17-15-30(59-11)23(3)42(62-27(7)52)25(5)39(54)24(4)38(21)53/h12-15,17,19-21,23-25,30,38-39,42,53-54,56H,16,18H2,1-11H3,(H,50,58)/b13-12+,17-15+,22-14-/t21-,23+,24+,25+,30-,38-,39+,42+,47-/m0/s1. The van der Waals surface area contributed by atoms with Crippen LogP contribution in [0, 0.1) is 36.4 Å². The van der Waals surface area contributed by atoms with E-state index in [-0.39, 0.29) is 68.1 Å². The lowest BCUT2D eigenvalue weighted by molar-refractivity contribution is -0.160. The maximum Gasteiger partial charge on any atom is 0.312 e. The number of ether oxygens (including phenoxy) is 5. The molecule has 64 heavy (non-hydrogen) atoms. The van der Waals surface area contributed by atoms with Crippen molar-refractivity contribution in [1.82, 2.24) is 9.88 Å². The topological polar surface area (TPSA) is 216 Å². The molecule has 0 saturated heterocycles. The molecule has 0 aliphatic carbocycles. The van der Waals surface area contributed by atoms with Crippen LogP contribution >= 0.6 is 0 Å². The van der Waals surface area contributed by atoms with Gasteiger partial charge < -0.3 is 53.6 Å². The zero-order chi connectivity index (χ0) is 47.1. The number of aromatic hydroxyl groups is 1. The van der Waals surface area contributed by atoms with Gasteiger partial charge >= 0.3 is 11.8 Å². The van der Waals surface area contributed by atoms with E-state index >= 15 is 4.39 Å². The molecule has 16 nitrogen and oxygen atoms in total. The zero-order valence-corrected chi connectivity index (χ0v) is 37.8. The first kappa shape index (κ1) is 47.6. The summed E-state index contributed by atoms with van der Waals surface area (Å²) in [6, 6.07) is 2.51. The monoisotopic (exact) mass is 889 g/mol. The van der Waals surface area contributed by atoms with E-state index in [9.17, 15) is 34.5 Å². The lowest BCUT2D eigenvalue weighted by Gasteiger charge is -2.38. The van der Waals surface area contributed by atoms with Crippen molar-refractivity contribution in [2.75, 3.05) is 39.7 Å².